The van der Waals surface area contributed by atoms with Crippen LogP contribution in [0.3, 0.4) is 0 Å². The van der Waals surface area contributed by atoms with Crippen molar-refractivity contribution in [3.63, 3.8) is 0 Å². The summed E-state index contributed by atoms with van der Waals surface area (Å²) in [4.78, 5) is 7.94. The molecule has 0 bridgehead atoms. The monoisotopic (exact) mass is 363 g/mol. The molecule has 0 atom stereocenters. The predicted octanol–water partition coefficient (Wildman–Crippen LogP) is 3.71. The molecule has 6 heteroatoms. The Morgan fingerprint density at radius 3 is 2.31 bits per heavy atom. The average Bonchev–Trinajstić information content (AvgIpc) is 3.11. The molecule has 0 saturated carbocycles. The summed E-state index contributed by atoms with van der Waals surface area (Å²) in [5.74, 6) is 0.715. The summed E-state index contributed by atoms with van der Waals surface area (Å²) < 4.78 is 27.8. The van der Waals surface area contributed by atoms with Gasteiger partial charge in [-0.25, -0.2) is 18.1 Å². The third-order valence-electron chi connectivity index (χ3n) is 4.12. The summed E-state index contributed by atoms with van der Waals surface area (Å²) in [6, 6.07) is 24.0. The van der Waals surface area contributed by atoms with Gasteiger partial charge in [-0.15, -0.1) is 0 Å². The maximum Gasteiger partial charge on any atom is 0.240 e. The number of fused-ring (bicyclic) bond motifs is 1. The number of benzene rings is 3. The lowest BCUT2D eigenvalue weighted by atomic mass is 10.2. The SMILES string of the molecule is O=S(=O)(NCc1ccccc1)c1ccc2nc(-c3ccccc3)[nH]c2c1. The molecule has 0 unspecified atom stereocenters. The number of rotatable bonds is 5. The Kier molecular flexibility index (Phi) is 4.28. The molecular formula is C20H17N3O2S. The summed E-state index contributed by atoms with van der Waals surface area (Å²) >= 11 is 0. The van der Waals surface area contributed by atoms with Crippen LogP contribution in [0.5, 0.6) is 0 Å². The maximum absolute atomic E-state index is 12.6. The Labute approximate surface area is 151 Å². The van der Waals surface area contributed by atoms with E-state index in [1.54, 1.807) is 18.2 Å². The van der Waals surface area contributed by atoms with Crippen LogP contribution in [0.25, 0.3) is 22.4 Å². The van der Waals surface area contributed by atoms with Crippen LogP contribution in [0.4, 0.5) is 0 Å². The van der Waals surface area contributed by atoms with Crippen LogP contribution in [0.2, 0.25) is 0 Å². The van der Waals surface area contributed by atoms with Crippen molar-refractivity contribution >= 4 is 21.1 Å². The Morgan fingerprint density at radius 1 is 0.885 bits per heavy atom. The van der Waals surface area contributed by atoms with Gasteiger partial charge in [0.1, 0.15) is 5.82 Å². The van der Waals surface area contributed by atoms with Gasteiger partial charge in [-0.2, -0.15) is 0 Å². The molecule has 1 heterocycles. The van der Waals surface area contributed by atoms with Crippen molar-refractivity contribution in [1.29, 1.82) is 0 Å². The minimum absolute atomic E-state index is 0.212. The number of aromatic nitrogens is 2. The van der Waals surface area contributed by atoms with E-state index in [9.17, 15) is 8.42 Å². The molecule has 0 saturated heterocycles. The van der Waals surface area contributed by atoms with Gasteiger partial charge in [0.05, 0.1) is 15.9 Å². The summed E-state index contributed by atoms with van der Waals surface area (Å²) in [5.41, 5.74) is 3.28. The lowest BCUT2D eigenvalue weighted by Gasteiger charge is -2.06. The third kappa shape index (κ3) is 3.37. The van der Waals surface area contributed by atoms with Gasteiger partial charge in [-0.3, -0.25) is 0 Å². The van der Waals surface area contributed by atoms with E-state index in [0.29, 0.717) is 11.3 Å². The zero-order valence-electron chi connectivity index (χ0n) is 13.9. The van der Waals surface area contributed by atoms with Crippen molar-refractivity contribution in [1.82, 2.24) is 14.7 Å². The van der Waals surface area contributed by atoms with Crippen molar-refractivity contribution in [2.24, 2.45) is 0 Å². The van der Waals surface area contributed by atoms with E-state index in [1.807, 2.05) is 60.7 Å². The summed E-state index contributed by atoms with van der Waals surface area (Å²) in [6.45, 7) is 0.249. The lowest BCUT2D eigenvalue weighted by Crippen LogP contribution is -2.23. The first-order valence-electron chi connectivity index (χ1n) is 8.21. The highest BCUT2D eigenvalue weighted by Crippen LogP contribution is 2.22. The van der Waals surface area contributed by atoms with Crippen molar-refractivity contribution < 1.29 is 8.42 Å². The highest BCUT2D eigenvalue weighted by molar-refractivity contribution is 7.89. The first-order chi connectivity index (χ1) is 12.6. The van der Waals surface area contributed by atoms with E-state index >= 15 is 0 Å². The smallest absolute Gasteiger partial charge is 0.240 e. The molecule has 0 fully saturated rings. The van der Waals surface area contributed by atoms with Crippen molar-refractivity contribution in [3.8, 4) is 11.4 Å². The van der Waals surface area contributed by atoms with Crippen molar-refractivity contribution in [2.45, 2.75) is 11.4 Å². The molecule has 4 rings (SSSR count). The van der Waals surface area contributed by atoms with E-state index in [2.05, 4.69) is 14.7 Å². The molecule has 3 aromatic carbocycles. The standard InChI is InChI=1S/C20H17N3O2S/c24-26(25,21-14-15-7-3-1-4-8-15)17-11-12-18-19(13-17)23-20(22-18)16-9-5-2-6-10-16/h1-13,21H,14H2,(H,22,23). The van der Waals surface area contributed by atoms with Crippen LogP contribution in [0, 0.1) is 0 Å². The molecule has 2 N–H and O–H groups in total. The number of H-pyrrole nitrogens is 1. The first-order valence-corrected chi connectivity index (χ1v) is 9.69. The zero-order chi connectivity index (χ0) is 18.0. The van der Waals surface area contributed by atoms with Gasteiger partial charge in [-0.1, -0.05) is 60.7 Å². The number of sulfonamides is 1. The van der Waals surface area contributed by atoms with Crippen LogP contribution in [0.1, 0.15) is 5.56 Å². The molecule has 0 radical (unpaired) electrons. The van der Waals surface area contributed by atoms with E-state index < -0.39 is 10.0 Å². The second kappa shape index (κ2) is 6.74. The lowest BCUT2D eigenvalue weighted by molar-refractivity contribution is 0.581. The first kappa shape index (κ1) is 16.5. The summed E-state index contributed by atoms with van der Waals surface area (Å²) in [6.07, 6.45) is 0. The van der Waals surface area contributed by atoms with Gasteiger partial charge in [0.25, 0.3) is 0 Å². The minimum atomic E-state index is -3.60. The van der Waals surface area contributed by atoms with E-state index in [0.717, 1.165) is 16.6 Å². The van der Waals surface area contributed by atoms with Crippen molar-refractivity contribution in [3.05, 3.63) is 84.4 Å². The van der Waals surface area contributed by atoms with Gasteiger partial charge >= 0.3 is 0 Å². The normalized spacial score (nSPS) is 11.7. The molecule has 0 amide bonds. The highest BCUT2D eigenvalue weighted by Gasteiger charge is 2.15. The molecule has 0 spiro atoms. The molecule has 0 aliphatic carbocycles. The summed E-state index contributed by atoms with van der Waals surface area (Å²) in [5, 5.41) is 0. The van der Waals surface area contributed by atoms with E-state index in [4.69, 9.17) is 0 Å². The number of nitrogens with zero attached hydrogens (tertiary/aromatic N) is 1. The Balaban J connectivity index is 1.62. The zero-order valence-corrected chi connectivity index (χ0v) is 14.7. The number of hydrogen-bond acceptors (Lipinski definition) is 3. The highest BCUT2D eigenvalue weighted by atomic mass is 32.2. The third-order valence-corrected chi connectivity index (χ3v) is 5.52. The Hall–Kier alpha value is -2.96. The van der Waals surface area contributed by atoms with Crippen molar-refractivity contribution in [2.75, 3.05) is 0 Å². The largest absolute Gasteiger partial charge is 0.338 e. The minimum Gasteiger partial charge on any atom is -0.338 e. The van der Waals surface area contributed by atoms with Crippen LogP contribution in [-0.2, 0) is 16.6 Å². The van der Waals surface area contributed by atoms with Gasteiger partial charge in [0.2, 0.25) is 10.0 Å². The van der Waals surface area contributed by atoms with Gasteiger partial charge in [0, 0.05) is 12.1 Å². The molecule has 0 aliphatic rings. The van der Waals surface area contributed by atoms with E-state index in [1.165, 1.54) is 0 Å². The van der Waals surface area contributed by atoms with Crippen LogP contribution >= 0.6 is 0 Å². The molecular weight excluding hydrogens is 346 g/mol. The fraction of sp³-hybridized carbons (Fsp3) is 0.0500. The average molecular weight is 363 g/mol. The van der Waals surface area contributed by atoms with Gasteiger partial charge < -0.3 is 4.98 Å². The van der Waals surface area contributed by atoms with E-state index in [-0.39, 0.29) is 11.4 Å². The Morgan fingerprint density at radius 2 is 1.58 bits per heavy atom. The van der Waals surface area contributed by atoms with Crippen LogP contribution in [0.15, 0.2) is 83.8 Å². The molecule has 5 nitrogen and oxygen atoms in total. The van der Waals surface area contributed by atoms with Gasteiger partial charge in [0.15, 0.2) is 0 Å². The molecule has 1 aromatic heterocycles. The molecule has 0 aliphatic heterocycles. The number of imidazole rings is 1. The topological polar surface area (TPSA) is 74.8 Å². The number of hydrogen-bond donors (Lipinski definition) is 2. The quantitative estimate of drug-likeness (QED) is 0.568. The second-order valence-electron chi connectivity index (χ2n) is 5.94. The second-order valence-corrected chi connectivity index (χ2v) is 7.71. The van der Waals surface area contributed by atoms with Gasteiger partial charge in [-0.05, 0) is 23.8 Å². The fourth-order valence-electron chi connectivity index (χ4n) is 2.75. The molecule has 130 valence electrons. The summed E-state index contributed by atoms with van der Waals surface area (Å²) in [7, 11) is -3.60. The number of aromatic amines is 1. The molecule has 4 aromatic rings. The fourth-order valence-corrected chi connectivity index (χ4v) is 3.79. The maximum atomic E-state index is 12.6. The Bertz CT molecular complexity index is 1140. The molecule has 26 heavy (non-hydrogen) atoms. The number of nitrogens with one attached hydrogen (secondary N) is 2. The van der Waals surface area contributed by atoms with Crippen LogP contribution in [-0.4, -0.2) is 18.4 Å². The predicted molar refractivity (Wildman–Crippen MR) is 102 cm³/mol. The van der Waals surface area contributed by atoms with Crippen LogP contribution < -0.4 is 4.72 Å².